The van der Waals surface area contributed by atoms with E-state index in [0.717, 1.165) is 0 Å². The molecule has 0 spiro atoms. The highest BCUT2D eigenvalue weighted by Crippen LogP contribution is 2.17. The first-order chi connectivity index (χ1) is 7.43. The van der Waals surface area contributed by atoms with Crippen LogP contribution in [0.3, 0.4) is 0 Å². The Labute approximate surface area is 98.7 Å². The minimum atomic E-state index is -0.650. The maximum Gasteiger partial charge on any atom is 0.0766 e. The van der Waals surface area contributed by atoms with E-state index in [1.54, 1.807) is 0 Å². The first kappa shape index (κ1) is 13.2. The molecule has 0 saturated heterocycles. The number of nitrogens with one attached hydrogen (secondary N) is 1. The Morgan fingerprint density at radius 1 is 1.19 bits per heavy atom. The molecule has 2 N–H and O–H groups in total. The Balaban J connectivity index is 2.51. The SMILES string of the molecule is CC(NCC(C)(O)C(C)C)c1ccccc1. The van der Waals surface area contributed by atoms with Gasteiger partial charge in [0.15, 0.2) is 0 Å². The van der Waals surface area contributed by atoms with Crippen LogP contribution in [0.15, 0.2) is 30.3 Å². The molecule has 2 heteroatoms. The highest BCUT2D eigenvalue weighted by atomic mass is 16.3. The van der Waals surface area contributed by atoms with E-state index in [4.69, 9.17) is 0 Å². The number of aliphatic hydroxyl groups is 1. The molecule has 0 bridgehead atoms. The predicted octanol–water partition coefficient (Wildman–Crippen LogP) is 2.74. The van der Waals surface area contributed by atoms with E-state index in [1.807, 2.05) is 39.0 Å². The molecule has 0 fully saturated rings. The average molecular weight is 221 g/mol. The fourth-order valence-corrected chi connectivity index (χ4v) is 1.42. The average Bonchev–Trinajstić information content (AvgIpc) is 2.27. The van der Waals surface area contributed by atoms with Gasteiger partial charge in [-0.3, -0.25) is 0 Å². The second-order valence-corrected chi connectivity index (χ2v) is 5.03. The molecular weight excluding hydrogens is 198 g/mol. The number of hydrogen-bond donors (Lipinski definition) is 2. The van der Waals surface area contributed by atoms with Crippen molar-refractivity contribution in [3.63, 3.8) is 0 Å². The lowest BCUT2D eigenvalue weighted by Crippen LogP contribution is -2.42. The third-order valence-electron chi connectivity index (χ3n) is 3.31. The van der Waals surface area contributed by atoms with Gasteiger partial charge >= 0.3 is 0 Å². The van der Waals surface area contributed by atoms with Crippen molar-refractivity contribution in [1.82, 2.24) is 5.32 Å². The van der Waals surface area contributed by atoms with Crippen LogP contribution in [-0.2, 0) is 0 Å². The van der Waals surface area contributed by atoms with Crippen LogP contribution in [0.4, 0.5) is 0 Å². The van der Waals surface area contributed by atoms with Crippen molar-refractivity contribution in [3.8, 4) is 0 Å². The van der Waals surface area contributed by atoms with Crippen LogP contribution in [0.25, 0.3) is 0 Å². The molecule has 1 aromatic carbocycles. The summed E-state index contributed by atoms with van der Waals surface area (Å²) in [4.78, 5) is 0. The summed E-state index contributed by atoms with van der Waals surface area (Å²) >= 11 is 0. The van der Waals surface area contributed by atoms with Crippen LogP contribution in [0.1, 0.15) is 39.3 Å². The van der Waals surface area contributed by atoms with E-state index in [9.17, 15) is 5.11 Å². The first-order valence-corrected chi connectivity index (χ1v) is 5.94. The van der Waals surface area contributed by atoms with Gasteiger partial charge in [-0.25, -0.2) is 0 Å². The molecule has 0 amide bonds. The van der Waals surface area contributed by atoms with E-state index >= 15 is 0 Å². The molecule has 2 unspecified atom stereocenters. The maximum atomic E-state index is 10.1. The molecule has 0 heterocycles. The van der Waals surface area contributed by atoms with E-state index in [2.05, 4.69) is 24.4 Å². The summed E-state index contributed by atoms with van der Waals surface area (Å²) in [6, 6.07) is 10.6. The van der Waals surface area contributed by atoms with Crippen LogP contribution in [0, 0.1) is 5.92 Å². The summed E-state index contributed by atoms with van der Waals surface area (Å²) in [7, 11) is 0. The molecular formula is C14H23NO. The maximum absolute atomic E-state index is 10.1. The van der Waals surface area contributed by atoms with Crippen molar-refractivity contribution in [2.45, 2.75) is 39.3 Å². The lowest BCUT2D eigenvalue weighted by Gasteiger charge is -2.29. The molecule has 2 atom stereocenters. The van der Waals surface area contributed by atoms with Gasteiger partial charge in [-0.15, -0.1) is 0 Å². The molecule has 16 heavy (non-hydrogen) atoms. The van der Waals surface area contributed by atoms with Crippen molar-refractivity contribution < 1.29 is 5.11 Å². The van der Waals surface area contributed by atoms with Crippen molar-refractivity contribution in [3.05, 3.63) is 35.9 Å². The van der Waals surface area contributed by atoms with E-state index in [0.29, 0.717) is 6.54 Å². The Morgan fingerprint density at radius 3 is 2.25 bits per heavy atom. The van der Waals surface area contributed by atoms with Gasteiger partial charge in [0, 0.05) is 12.6 Å². The quantitative estimate of drug-likeness (QED) is 0.801. The monoisotopic (exact) mass is 221 g/mol. The van der Waals surface area contributed by atoms with E-state index < -0.39 is 5.60 Å². The van der Waals surface area contributed by atoms with Crippen molar-refractivity contribution in [1.29, 1.82) is 0 Å². The molecule has 0 aromatic heterocycles. The van der Waals surface area contributed by atoms with Gasteiger partial charge in [0.1, 0.15) is 0 Å². The summed E-state index contributed by atoms with van der Waals surface area (Å²) in [5.41, 5.74) is 0.602. The van der Waals surface area contributed by atoms with Crippen LogP contribution < -0.4 is 5.32 Å². The van der Waals surface area contributed by atoms with Crippen LogP contribution in [0.2, 0.25) is 0 Å². The zero-order valence-corrected chi connectivity index (χ0v) is 10.7. The minimum Gasteiger partial charge on any atom is -0.389 e. The van der Waals surface area contributed by atoms with Gasteiger partial charge in [-0.1, -0.05) is 44.2 Å². The van der Waals surface area contributed by atoms with Crippen molar-refractivity contribution in [2.24, 2.45) is 5.92 Å². The standard InChI is InChI=1S/C14H23NO/c1-11(2)14(4,16)10-15-12(3)13-8-6-5-7-9-13/h5-9,11-12,15-16H,10H2,1-4H3. The van der Waals surface area contributed by atoms with Gasteiger partial charge in [0.05, 0.1) is 5.60 Å². The molecule has 0 aliphatic carbocycles. The number of rotatable bonds is 5. The smallest absolute Gasteiger partial charge is 0.0766 e. The molecule has 1 rings (SSSR count). The number of hydrogen-bond acceptors (Lipinski definition) is 2. The molecule has 90 valence electrons. The summed E-state index contributed by atoms with van der Waals surface area (Å²) in [6.45, 7) is 8.68. The molecule has 0 radical (unpaired) electrons. The predicted molar refractivity (Wildman–Crippen MR) is 68.3 cm³/mol. The van der Waals surface area contributed by atoms with Crippen LogP contribution in [-0.4, -0.2) is 17.3 Å². The topological polar surface area (TPSA) is 32.3 Å². The second kappa shape index (κ2) is 5.46. The fraction of sp³-hybridized carbons (Fsp3) is 0.571. The lowest BCUT2D eigenvalue weighted by atomic mass is 9.92. The van der Waals surface area contributed by atoms with Crippen molar-refractivity contribution >= 4 is 0 Å². The molecule has 2 nitrogen and oxygen atoms in total. The van der Waals surface area contributed by atoms with Gasteiger partial charge in [-0.05, 0) is 25.3 Å². The molecule has 0 aliphatic heterocycles. The number of benzene rings is 1. The largest absolute Gasteiger partial charge is 0.389 e. The Morgan fingerprint density at radius 2 is 1.75 bits per heavy atom. The lowest BCUT2D eigenvalue weighted by molar-refractivity contribution is 0.0122. The third kappa shape index (κ3) is 3.62. The highest BCUT2D eigenvalue weighted by Gasteiger charge is 2.25. The normalized spacial score (nSPS) is 17.1. The van der Waals surface area contributed by atoms with E-state index in [-0.39, 0.29) is 12.0 Å². The van der Waals surface area contributed by atoms with Crippen LogP contribution >= 0.6 is 0 Å². The summed E-state index contributed by atoms with van der Waals surface area (Å²) in [6.07, 6.45) is 0. The Hall–Kier alpha value is -0.860. The van der Waals surface area contributed by atoms with Gasteiger partial charge in [0.25, 0.3) is 0 Å². The zero-order chi connectivity index (χ0) is 12.2. The third-order valence-corrected chi connectivity index (χ3v) is 3.31. The Bertz CT molecular complexity index is 306. The van der Waals surface area contributed by atoms with Gasteiger partial charge in [-0.2, -0.15) is 0 Å². The summed E-state index contributed by atoms with van der Waals surface area (Å²) in [5.74, 6) is 0.253. The molecule has 0 saturated carbocycles. The second-order valence-electron chi connectivity index (χ2n) is 5.03. The highest BCUT2D eigenvalue weighted by molar-refractivity contribution is 5.18. The fourth-order valence-electron chi connectivity index (χ4n) is 1.42. The van der Waals surface area contributed by atoms with Crippen molar-refractivity contribution in [2.75, 3.05) is 6.54 Å². The summed E-state index contributed by atoms with van der Waals surface area (Å²) in [5, 5.41) is 13.5. The van der Waals surface area contributed by atoms with E-state index in [1.165, 1.54) is 5.56 Å². The molecule has 0 aliphatic rings. The zero-order valence-electron chi connectivity index (χ0n) is 10.7. The Kier molecular flexibility index (Phi) is 4.51. The van der Waals surface area contributed by atoms with Gasteiger partial charge in [0.2, 0.25) is 0 Å². The summed E-state index contributed by atoms with van der Waals surface area (Å²) < 4.78 is 0. The molecule has 1 aromatic rings. The minimum absolute atomic E-state index is 0.253. The van der Waals surface area contributed by atoms with Crippen LogP contribution in [0.5, 0.6) is 0 Å². The van der Waals surface area contributed by atoms with Gasteiger partial charge < -0.3 is 10.4 Å². The first-order valence-electron chi connectivity index (χ1n) is 5.94.